The minimum Gasteiger partial charge on any atom is -0.322 e. The van der Waals surface area contributed by atoms with Crippen LogP contribution in [0.25, 0.3) is 0 Å². The molecule has 0 saturated carbocycles. The van der Waals surface area contributed by atoms with Gasteiger partial charge in [0.1, 0.15) is 0 Å². The van der Waals surface area contributed by atoms with Crippen molar-refractivity contribution in [2.24, 2.45) is 0 Å². The van der Waals surface area contributed by atoms with Gasteiger partial charge < -0.3 is 5.32 Å². The molecule has 2 aromatic rings. The van der Waals surface area contributed by atoms with Gasteiger partial charge in [-0.05, 0) is 62.1 Å². The third-order valence-corrected chi connectivity index (χ3v) is 7.39. The molecule has 1 saturated heterocycles. The maximum Gasteiger partial charge on any atom is 0.255 e. The van der Waals surface area contributed by atoms with E-state index in [0.717, 1.165) is 31.2 Å². The Balaban J connectivity index is 1.88. The zero-order valence-corrected chi connectivity index (χ0v) is 17.7. The van der Waals surface area contributed by atoms with Gasteiger partial charge in [-0.15, -0.1) is 0 Å². The van der Waals surface area contributed by atoms with Crippen molar-refractivity contribution in [1.29, 1.82) is 0 Å². The van der Waals surface area contributed by atoms with Crippen LogP contribution in [0.3, 0.4) is 0 Å². The van der Waals surface area contributed by atoms with E-state index < -0.39 is 10.0 Å². The van der Waals surface area contributed by atoms with Crippen LogP contribution in [-0.4, -0.2) is 31.7 Å². The van der Waals surface area contributed by atoms with E-state index in [-0.39, 0.29) is 10.8 Å². The first-order valence-electron chi connectivity index (χ1n) is 9.47. The van der Waals surface area contributed by atoms with Gasteiger partial charge in [-0.2, -0.15) is 4.31 Å². The number of halogens is 1. The van der Waals surface area contributed by atoms with Crippen molar-refractivity contribution in [3.05, 3.63) is 58.1 Å². The highest BCUT2D eigenvalue weighted by Gasteiger charge is 2.26. The van der Waals surface area contributed by atoms with Crippen LogP contribution in [0.4, 0.5) is 5.69 Å². The summed E-state index contributed by atoms with van der Waals surface area (Å²) in [5.41, 5.74) is 2.54. The molecular formula is C21H25ClN2O3S. The minimum absolute atomic E-state index is 0.159. The number of anilines is 1. The number of hydrogen-bond acceptors (Lipinski definition) is 3. The molecule has 1 amide bonds. The summed E-state index contributed by atoms with van der Waals surface area (Å²) in [4.78, 5) is 12.9. The third kappa shape index (κ3) is 4.57. The molecule has 1 heterocycles. The topological polar surface area (TPSA) is 66.5 Å². The number of rotatable bonds is 4. The lowest BCUT2D eigenvalue weighted by molar-refractivity contribution is 0.102. The number of hydrogen-bond donors (Lipinski definition) is 1. The summed E-state index contributed by atoms with van der Waals surface area (Å²) in [6.07, 6.45) is 3.83. The summed E-state index contributed by atoms with van der Waals surface area (Å²) >= 11 is 6.12. The Kier molecular flexibility index (Phi) is 6.43. The molecule has 1 aliphatic heterocycles. The van der Waals surface area contributed by atoms with Gasteiger partial charge in [0.2, 0.25) is 10.0 Å². The maximum atomic E-state index is 13.0. The highest BCUT2D eigenvalue weighted by Crippen LogP contribution is 2.24. The fraction of sp³-hybridized carbons (Fsp3) is 0.381. The van der Waals surface area contributed by atoms with Gasteiger partial charge in [-0.1, -0.05) is 36.6 Å². The molecular weight excluding hydrogens is 396 g/mol. The van der Waals surface area contributed by atoms with Gasteiger partial charge >= 0.3 is 0 Å². The average molecular weight is 421 g/mol. The number of benzene rings is 2. The monoisotopic (exact) mass is 420 g/mol. The largest absolute Gasteiger partial charge is 0.322 e. The number of amides is 1. The summed E-state index contributed by atoms with van der Waals surface area (Å²) in [5, 5.41) is 3.37. The quantitative estimate of drug-likeness (QED) is 0.774. The van der Waals surface area contributed by atoms with Crippen molar-refractivity contribution >= 4 is 33.2 Å². The van der Waals surface area contributed by atoms with Crippen LogP contribution in [0, 0.1) is 13.8 Å². The SMILES string of the molecule is Cc1ccc(NC(=O)c2cc(S(=O)(=O)N3CCCCCC3)ccc2C)cc1Cl. The van der Waals surface area contributed by atoms with Crippen molar-refractivity contribution < 1.29 is 13.2 Å². The minimum atomic E-state index is -3.61. The second kappa shape index (κ2) is 8.64. The maximum absolute atomic E-state index is 13.0. The van der Waals surface area contributed by atoms with Gasteiger partial charge in [-0.3, -0.25) is 4.79 Å². The van der Waals surface area contributed by atoms with Crippen LogP contribution >= 0.6 is 11.6 Å². The lowest BCUT2D eigenvalue weighted by atomic mass is 10.1. The second-order valence-corrected chi connectivity index (χ2v) is 9.56. The first kappa shape index (κ1) is 20.8. The lowest BCUT2D eigenvalue weighted by Gasteiger charge is -2.20. The Labute approximate surface area is 171 Å². The van der Waals surface area contributed by atoms with E-state index in [1.165, 1.54) is 10.4 Å². The number of nitrogens with one attached hydrogen (secondary N) is 1. The molecule has 1 aliphatic rings. The van der Waals surface area contributed by atoms with Crippen molar-refractivity contribution in [2.45, 2.75) is 44.4 Å². The van der Waals surface area contributed by atoms with E-state index in [0.29, 0.717) is 34.9 Å². The molecule has 150 valence electrons. The van der Waals surface area contributed by atoms with Gasteiger partial charge in [0, 0.05) is 29.4 Å². The Morgan fingerprint density at radius 3 is 2.25 bits per heavy atom. The summed E-state index contributed by atoms with van der Waals surface area (Å²) < 4.78 is 27.6. The molecule has 0 atom stereocenters. The van der Waals surface area contributed by atoms with Crippen molar-refractivity contribution in [2.75, 3.05) is 18.4 Å². The van der Waals surface area contributed by atoms with Crippen LogP contribution in [0.2, 0.25) is 5.02 Å². The number of nitrogens with zero attached hydrogens (tertiary/aromatic N) is 1. The number of sulfonamides is 1. The Bertz CT molecular complexity index is 981. The van der Waals surface area contributed by atoms with Crippen molar-refractivity contribution in [3.63, 3.8) is 0 Å². The van der Waals surface area contributed by atoms with Crippen LogP contribution in [-0.2, 0) is 10.0 Å². The van der Waals surface area contributed by atoms with E-state index in [1.807, 2.05) is 13.0 Å². The molecule has 3 rings (SSSR count). The second-order valence-electron chi connectivity index (χ2n) is 7.21. The smallest absolute Gasteiger partial charge is 0.255 e. The molecule has 7 heteroatoms. The predicted molar refractivity (Wildman–Crippen MR) is 113 cm³/mol. The van der Waals surface area contributed by atoms with E-state index >= 15 is 0 Å². The van der Waals surface area contributed by atoms with Crippen LogP contribution < -0.4 is 5.32 Å². The molecule has 2 aromatic carbocycles. The molecule has 0 aliphatic carbocycles. The first-order valence-corrected chi connectivity index (χ1v) is 11.3. The standard InChI is InChI=1S/C21H25ClN2O3S/c1-15-8-10-18(28(26,27)24-11-5-3-4-6-12-24)14-19(15)21(25)23-17-9-7-16(2)20(22)13-17/h7-10,13-14H,3-6,11-12H2,1-2H3,(H,23,25). The van der Waals surface area contributed by atoms with Crippen LogP contribution in [0.5, 0.6) is 0 Å². The molecule has 0 bridgehead atoms. The number of carbonyl (C=O) groups is 1. The van der Waals surface area contributed by atoms with Crippen LogP contribution in [0.1, 0.15) is 47.2 Å². The molecule has 0 aromatic heterocycles. The Morgan fingerprint density at radius 2 is 1.61 bits per heavy atom. The molecule has 0 unspecified atom stereocenters. The first-order chi connectivity index (χ1) is 13.3. The zero-order valence-electron chi connectivity index (χ0n) is 16.2. The molecule has 1 fully saturated rings. The summed E-state index contributed by atoms with van der Waals surface area (Å²) in [7, 11) is -3.61. The van der Waals surface area contributed by atoms with E-state index in [1.54, 1.807) is 31.2 Å². The van der Waals surface area contributed by atoms with Gasteiger partial charge in [0.05, 0.1) is 4.90 Å². The van der Waals surface area contributed by atoms with Gasteiger partial charge in [0.15, 0.2) is 0 Å². The molecule has 0 spiro atoms. The van der Waals surface area contributed by atoms with Crippen molar-refractivity contribution in [3.8, 4) is 0 Å². The van der Waals surface area contributed by atoms with Gasteiger partial charge in [0.25, 0.3) is 5.91 Å². The molecule has 5 nitrogen and oxygen atoms in total. The number of aryl methyl sites for hydroxylation is 2. The highest BCUT2D eigenvalue weighted by molar-refractivity contribution is 7.89. The fourth-order valence-corrected chi connectivity index (χ4v) is 5.03. The predicted octanol–water partition coefficient (Wildman–Crippen LogP) is 4.77. The van der Waals surface area contributed by atoms with E-state index in [2.05, 4.69) is 5.32 Å². The fourth-order valence-electron chi connectivity index (χ4n) is 3.31. The molecule has 28 heavy (non-hydrogen) atoms. The summed E-state index contributed by atoms with van der Waals surface area (Å²) in [5.74, 6) is -0.356. The van der Waals surface area contributed by atoms with Crippen molar-refractivity contribution in [1.82, 2.24) is 4.31 Å². The lowest BCUT2D eigenvalue weighted by Crippen LogP contribution is -2.32. The van der Waals surface area contributed by atoms with E-state index in [9.17, 15) is 13.2 Å². The Morgan fingerprint density at radius 1 is 0.964 bits per heavy atom. The average Bonchev–Trinajstić information content (AvgIpc) is 2.95. The Hall–Kier alpha value is -1.89. The normalized spacial score (nSPS) is 15.8. The highest BCUT2D eigenvalue weighted by atomic mass is 35.5. The van der Waals surface area contributed by atoms with E-state index in [4.69, 9.17) is 11.6 Å². The van der Waals surface area contributed by atoms with Crippen LogP contribution in [0.15, 0.2) is 41.3 Å². The summed E-state index contributed by atoms with van der Waals surface area (Å²) in [6, 6.07) is 10.0. The molecule has 1 N–H and O–H groups in total. The third-order valence-electron chi connectivity index (χ3n) is 5.09. The summed E-state index contributed by atoms with van der Waals surface area (Å²) in [6.45, 7) is 4.73. The zero-order chi connectivity index (χ0) is 20.3. The number of carbonyl (C=O) groups excluding carboxylic acids is 1. The van der Waals surface area contributed by atoms with Gasteiger partial charge in [-0.25, -0.2) is 8.42 Å². The molecule has 0 radical (unpaired) electrons.